The first-order valence-corrected chi connectivity index (χ1v) is 9.27. The fraction of sp³-hybridized carbons (Fsp3) is 0.706. The molecule has 0 aliphatic carbocycles. The summed E-state index contributed by atoms with van der Waals surface area (Å²) in [5, 5.41) is 45.4. The second-order valence-corrected chi connectivity index (χ2v) is 7.22. The number of carbonyl (C=O) groups is 5. The molecule has 0 amide bonds. The second-order valence-electron chi connectivity index (χ2n) is 7.22. The molecule has 1 aliphatic heterocycles. The van der Waals surface area contributed by atoms with Gasteiger partial charge in [0.1, 0.15) is 0 Å². The van der Waals surface area contributed by atoms with Crippen LogP contribution in [0.25, 0.3) is 0 Å². The fourth-order valence-corrected chi connectivity index (χ4v) is 3.76. The molecule has 1 aliphatic rings. The number of aliphatic carboxylic acids is 5. The topological polar surface area (TPSA) is 196 Å². The summed E-state index contributed by atoms with van der Waals surface area (Å²) in [5.41, 5.74) is 0. The number of piperidine rings is 1. The quantitative estimate of drug-likeness (QED) is 0.207. The summed E-state index contributed by atoms with van der Waals surface area (Å²) >= 11 is 0. The predicted octanol–water partition coefficient (Wildman–Crippen LogP) is -1.76. The lowest BCUT2D eigenvalue weighted by Crippen LogP contribution is -2.57. The lowest BCUT2D eigenvalue weighted by Gasteiger charge is -2.44. The van der Waals surface area contributed by atoms with Gasteiger partial charge in [0.25, 0.3) is 0 Å². The van der Waals surface area contributed by atoms with E-state index in [1.165, 1.54) is 9.80 Å². The Kier molecular flexibility index (Phi) is 10.1. The Hall–Kier alpha value is -2.77. The van der Waals surface area contributed by atoms with Gasteiger partial charge in [-0.3, -0.25) is 38.7 Å². The van der Waals surface area contributed by atoms with Crippen molar-refractivity contribution in [3.05, 3.63) is 0 Å². The number of rotatable bonds is 14. The van der Waals surface area contributed by atoms with E-state index in [2.05, 4.69) is 0 Å². The Morgan fingerprint density at radius 1 is 0.633 bits per heavy atom. The smallest absolute Gasteiger partial charge is 0.317 e. The Morgan fingerprint density at radius 2 is 0.967 bits per heavy atom. The first-order chi connectivity index (χ1) is 14.0. The maximum Gasteiger partial charge on any atom is 0.317 e. The predicted molar refractivity (Wildman–Crippen MR) is 99.2 cm³/mol. The van der Waals surface area contributed by atoms with Crippen LogP contribution in [-0.2, 0) is 24.0 Å². The summed E-state index contributed by atoms with van der Waals surface area (Å²) in [6.45, 7) is -2.54. The molecule has 13 heteroatoms. The van der Waals surface area contributed by atoms with E-state index in [9.17, 15) is 29.1 Å². The van der Waals surface area contributed by atoms with E-state index >= 15 is 0 Å². The maximum absolute atomic E-state index is 11.4. The summed E-state index contributed by atoms with van der Waals surface area (Å²) in [4.78, 5) is 59.5. The highest BCUT2D eigenvalue weighted by molar-refractivity contribution is 5.73. The van der Waals surface area contributed by atoms with Crippen molar-refractivity contribution in [3.8, 4) is 0 Å². The van der Waals surface area contributed by atoms with Gasteiger partial charge in [0.2, 0.25) is 0 Å². The summed E-state index contributed by atoms with van der Waals surface area (Å²) < 4.78 is 0. The van der Waals surface area contributed by atoms with Gasteiger partial charge >= 0.3 is 29.8 Å². The summed E-state index contributed by atoms with van der Waals surface area (Å²) in [6, 6.07) is -0.954. The first kappa shape index (κ1) is 25.3. The molecule has 0 saturated carbocycles. The van der Waals surface area contributed by atoms with E-state index in [0.717, 1.165) is 0 Å². The molecule has 0 bridgehead atoms. The molecule has 1 saturated heterocycles. The lowest BCUT2D eigenvalue weighted by atomic mass is 9.94. The van der Waals surface area contributed by atoms with Crippen LogP contribution in [0.2, 0.25) is 0 Å². The van der Waals surface area contributed by atoms with Crippen molar-refractivity contribution < 1.29 is 49.5 Å². The molecule has 1 heterocycles. The van der Waals surface area contributed by atoms with Crippen LogP contribution in [0, 0.1) is 0 Å². The zero-order valence-corrected chi connectivity index (χ0v) is 16.3. The number of carboxylic acid groups (broad SMARTS) is 5. The van der Waals surface area contributed by atoms with E-state index in [1.807, 2.05) is 0 Å². The average Bonchev–Trinajstić information content (AvgIpc) is 2.54. The van der Waals surface area contributed by atoms with Gasteiger partial charge in [0.15, 0.2) is 0 Å². The lowest BCUT2D eigenvalue weighted by molar-refractivity contribution is -0.145. The van der Waals surface area contributed by atoms with Gasteiger partial charge in [-0.25, -0.2) is 0 Å². The molecule has 2 atom stereocenters. The molecule has 0 aromatic rings. The average molecular weight is 433 g/mol. The standard InChI is InChI=1S/C17H27N3O10/c21-13(22)6-18(7-14(23)24)4-11-2-1-3-12(20(11)10-17(29)30)5-19(8-15(25)26)9-16(27)28/h11-12H,1-10H2,(H,21,22)(H,23,24)(H,25,26)(H,27,28)(H,29,30)/t11-,12-/m1/s1. The van der Waals surface area contributed by atoms with E-state index in [0.29, 0.717) is 19.3 Å². The number of nitrogens with zero attached hydrogens (tertiary/aromatic N) is 3. The highest BCUT2D eigenvalue weighted by Crippen LogP contribution is 2.24. The minimum Gasteiger partial charge on any atom is -0.480 e. The highest BCUT2D eigenvalue weighted by Gasteiger charge is 2.35. The summed E-state index contributed by atoms with van der Waals surface area (Å²) in [6.07, 6.45) is 1.61. The van der Waals surface area contributed by atoms with Crippen LogP contribution in [0.15, 0.2) is 0 Å². The molecule has 30 heavy (non-hydrogen) atoms. The molecule has 0 radical (unpaired) electrons. The third-order valence-corrected chi connectivity index (χ3v) is 4.70. The monoisotopic (exact) mass is 433 g/mol. The van der Waals surface area contributed by atoms with Gasteiger partial charge in [-0.15, -0.1) is 0 Å². The third kappa shape index (κ3) is 9.62. The van der Waals surface area contributed by atoms with Gasteiger partial charge in [0.05, 0.1) is 32.7 Å². The van der Waals surface area contributed by atoms with Gasteiger partial charge in [0, 0.05) is 25.2 Å². The molecular weight excluding hydrogens is 406 g/mol. The minimum absolute atomic E-state index is 0.000239. The van der Waals surface area contributed by atoms with Crippen LogP contribution in [0.4, 0.5) is 0 Å². The van der Waals surface area contributed by atoms with Crippen molar-refractivity contribution in [2.75, 3.05) is 45.8 Å². The minimum atomic E-state index is -1.22. The van der Waals surface area contributed by atoms with Gasteiger partial charge in [-0.05, 0) is 12.8 Å². The van der Waals surface area contributed by atoms with Crippen molar-refractivity contribution in [1.82, 2.24) is 14.7 Å². The number of hydrogen-bond donors (Lipinski definition) is 5. The zero-order chi connectivity index (χ0) is 22.8. The molecule has 0 unspecified atom stereocenters. The molecule has 0 aromatic heterocycles. The molecule has 0 spiro atoms. The second kappa shape index (κ2) is 12.0. The van der Waals surface area contributed by atoms with Crippen molar-refractivity contribution in [3.63, 3.8) is 0 Å². The number of likely N-dealkylation sites (tertiary alicyclic amines) is 1. The van der Waals surface area contributed by atoms with Crippen molar-refractivity contribution in [2.24, 2.45) is 0 Å². The Morgan fingerprint density at radius 3 is 1.23 bits per heavy atom. The van der Waals surface area contributed by atoms with Gasteiger partial charge in [-0.2, -0.15) is 0 Å². The van der Waals surface area contributed by atoms with Crippen LogP contribution < -0.4 is 0 Å². The van der Waals surface area contributed by atoms with E-state index in [1.54, 1.807) is 4.90 Å². The molecule has 1 rings (SSSR count). The molecule has 1 fully saturated rings. The third-order valence-electron chi connectivity index (χ3n) is 4.70. The Labute approximate surface area is 172 Å². The maximum atomic E-state index is 11.4. The molecule has 13 nitrogen and oxygen atoms in total. The number of carboxylic acids is 5. The van der Waals surface area contributed by atoms with E-state index < -0.39 is 74.7 Å². The molecular formula is C17H27N3O10. The fourth-order valence-electron chi connectivity index (χ4n) is 3.76. The van der Waals surface area contributed by atoms with Crippen LogP contribution in [0.5, 0.6) is 0 Å². The Balaban J connectivity index is 3.01. The van der Waals surface area contributed by atoms with Crippen LogP contribution in [0.1, 0.15) is 19.3 Å². The summed E-state index contributed by atoms with van der Waals surface area (Å²) in [7, 11) is 0. The number of hydrogen-bond acceptors (Lipinski definition) is 8. The first-order valence-electron chi connectivity index (χ1n) is 9.27. The van der Waals surface area contributed by atoms with Gasteiger partial charge < -0.3 is 25.5 Å². The summed E-state index contributed by atoms with van der Waals surface area (Å²) in [5.74, 6) is -6.03. The Bertz CT molecular complexity index is 578. The molecule has 170 valence electrons. The van der Waals surface area contributed by atoms with Crippen LogP contribution >= 0.6 is 0 Å². The van der Waals surface area contributed by atoms with E-state index in [4.69, 9.17) is 20.4 Å². The van der Waals surface area contributed by atoms with Gasteiger partial charge in [-0.1, -0.05) is 6.42 Å². The van der Waals surface area contributed by atoms with Crippen molar-refractivity contribution in [1.29, 1.82) is 0 Å². The highest BCUT2D eigenvalue weighted by atomic mass is 16.4. The molecule has 0 aromatic carbocycles. The van der Waals surface area contributed by atoms with Crippen molar-refractivity contribution >= 4 is 29.8 Å². The normalized spacial score (nSPS) is 19.7. The molecule has 5 N–H and O–H groups in total. The van der Waals surface area contributed by atoms with Crippen molar-refractivity contribution in [2.45, 2.75) is 31.3 Å². The SMILES string of the molecule is O=C(O)CN(CC(=O)O)C[C@H]1CCC[C@H](CN(CC(=O)O)CC(=O)O)N1CC(=O)O. The largest absolute Gasteiger partial charge is 0.480 e. The van der Waals surface area contributed by atoms with Crippen LogP contribution in [-0.4, -0.2) is 128 Å². The van der Waals surface area contributed by atoms with Crippen LogP contribution in [0.3, 0.4) is 0 Å². The van der Waals surface area contributed by atoms with E-state index in [-0.39, 0.29) is 13.1 Å². The zero-order valence-electron chi connectivity index (χ0n) is 16.3.